The van der Waals surface area contributed by atoms with Crippen molar-refractivity contribution >= 4 is 17.3 Å². The van der Waals surface area contributed by atoms with E-state index in [9.17, 15) is 0 Å². The first kappa shape index (κ1) is 14.2. The maximum Gasteiger partial charge on any atom is 0.0410 e. The molecule has 1 aromatic carbocycles. The Hall–Kier alpha value is -0.730. The van der Waals surface area contributed by atoms with E-state index in [1.807, 2.05) is 6.07 Å². The number of rotatable bonds is 3. The Morgan fingerprint density at radius 2 is 1.75 bits per heavy atom. The molecule has 1 saturated heterocycles. The van der Waals surface area contributed by atoms with Gasteiger partial charge in [-0.05, 0) is 55.9 Å². The van der Waals surface area contributed by atoms with Gasteiger partial charge in [-0.15, -0.1) is 0 Å². The topological polar surface area (TPSA) is 29.3 Å². The summed E-state index contributed by atoms with van der Waals surface area (Å²) >= 11 is 6.29. The van der Waals surface area contributed by atoms with E-state index in [1.54, 1.807) is 0 Å². The Balaban J connectivity index is 2.01. The van der Waals surface area contributed by atoms with E-state index >= 15 is 0 Å². The quantitative estimate of drug-likeness (QED) is 0.909. The van der Waals surface area contributed by atoms with Crippen molar-refractivity contribution in [1.29, 1.82) is 0 Å². The Morgan fingerprint density at radius 1 is 1.05 bits per heavy atom. The van der Waals surface area contributed by atoms with Crippen molar-refractivity contribution in [1.82, 2.24) is 0 Å². The summed E-state index contributed by atoms with van der Waals surface area (Å²) in [4.78, 5) is 2.55. The monoisotopic (exact) mass is 292 g/mol. The van der Waals surface area contributed by atoms with Gasteiger partial charge < -0.3 is 10.6 Å². The Kier molecular flexibility index (Phi) is 4.23. The Bertz CT molecular complexity index is 460. The second kappa shape index (κ2) is 5.95. The van der Waals surface area contributed by atoms with Crippen LogP contribution in [-0.2, 0) is 5.41 Å². The zero-order chi connectivity index (χ0) is 14.0. The van der Waals surface area contributed by atoms with E-state index in [0.717, 1.165) is 11.6 Å². The van der Waals surface area contributed by atoms with Gasteiger partial charge in [0, 0.05) is 35.8 Å². The molecule has 20 heavy (non-hydrogen) atoms. The predicted octanol–water partition coefficient (Wildman–Crippen LogP) is 4.10. The van der Waals surface area contributed by atoms with Gasteiger partial charge in [0.1, 0.15) is 0 Å². The highest BCUT2D eigenvalue weighted by molar-refractivity contribution is 6.30. The molecule has 1 aromatic rings. The largest absolute Gasteiger partial charge is 0.371 e. The molecule has 0 amide bonds. The van der Waals surface area contributed by atoms with E-state index in [1.165, 1.54) is 69.3 Å². The number of halogens is 1. The molecule has 0 bridgehead atoms. The van der Waals surface area contributed by atoms with Gasteiger partial charge in [-0.1, -0.05) is 24.4 Å². The molecule has 1 heterocycles. The summed E-state index contributed by atoms with van der Waals surface area (Å²) in [6, 6.07) is 6.44. The smallest absolute Gasteiger partial charge is 0.0410 e. The molecule has 0 radical (unpaired) electrons. The lowest BCUT2D eigenvalue weighted by Gasteiger charge is -2.36. The van der Waals surface area contributed by atoms with Crippen LogP contribution in [0.25, 0.3) is 0 Å². The molecule has 1 aliphatic carbocycles. The SMILES string of the molecule is NCC1(c2cc(Cl)ccc2N2CCCCC2)CCCC1. The first-order chi connectivity index (χ1) is 9.75. The molecule has 2 nitrogen and oxygen atoms in total. The van der Waals surface area contributed by atoms with Gasteiger partial charge in [-0.2, -0.15) is 0 Å². The number of anilines is 1. The normalized spacial score (nSPS) is 22.2. The van der Waals surface area contributed by atoms with Gasteiger partial charge in [0.2, 0.25) is 0 Å². The maximum absolute atomic E-state index is 6.29. The minimum Gasteiger partial charge on any atom is -0.371 e. The van der Waals surface area contributed by atoms with E-state index < -0.39 is 0 Å². The number of nitrogens with zero attached hydrogens (tertiary/aromatic N) is 1. The fourth-order valence-electron chi connectivity index (χ4n) is 3.98. The number of benzene rings is 1. The number of piperidine rings is 1. The van der Waals surface area contributed by atoms with Gasteiger partial charge in [-0.25, -0.2) is 0 Å². The van der Waals surface area contributed by atoms with Crippen molar-refractivity contribution in [2.24, 2.45) is 5.73 Å². The highest BCUT2D eigenvalue weighted by Gasteiger charge is 2.37. The molecule has 0 spiro atoms. The molecule has 1 saturated carbocycles. The molecule has 0 atom stereocenters. The van der Waals surface area contributed by atoms with Crippen molar-refractivity contribution in [3.8, 4) is 0 Å². The second-order valence-electron chi connectivity index (χ2n) is 6.40. The molecular weight excluding hydrogens is 268 g/mol. The number of hydrogen-bond donors (Lipinski definition) is 1. The molecule has 110 valence electrons. The van der Waals surface area contributed by atoms with Crippen LogP contribution in [-0.4, -0.2) is 19.6 Å². The third kappa shape index (κ3) is 2.56. The second-order valence-corrected chi connectivity index (χ2v) is 6.84. The van der Waals surface area contributed by atoms with Crippen LogP contribution in [0, 0.1) is 0 Å². The van der Waals surface area contributed by atoms with Crippen molar-refractivity contribution in [2.75, 3.05) is 24.5 Å². The van der Waals surface area contributed by atoms with Crippen molar-refractivity contribution < 1.29 is 0 Å². The van der Waals surface area contributed by atoms with Gasteiger partial charge in [0.15, 0.2) is 0 Å². The van der Waals surface area contributed by atoms with Crippen molar-refractivity contribution in [3.05, 3.63) is 28.8 Å². The van der Waals surface area contributed by atoms with E-state index in [2.05, 4.69) is 17.0 Å². The third-order valence-electron chi connectivity index (χ3n) is 5.18. The van der Waals surface area contributed by atoms with Gasteiger partial charge in [-0.3, -0.25) is 0 Å². The van der Waals surface area contributed by atoms with Crippen LogP contribution in [0.4, 0.5) is 5.69 Å². The zero-order valence-electron chi connectivity index (χ0n) is 12.2. The maximum atomic E-state index is 6.29. The number of hydrogen-bond acceptors (Lipinski definition) is 2. The number of nitrogens with two attached hydrogens (primary N) is 1. The van der Waals surface area contributed by atoms with E-state index in [4.69, 9.17) is 17.3 Å². The summed E-state index contributed by atoms with van der Waals surface area (Å²) in [7, 11) is 0. The van der Waals surface area contributed by atoms with Gasteiger partial charge in [0.25, 0.3) is 0 Å². The molecule has 2 N–H and O–H groups in total. The summed E-state index contributed by atoms with van der Waals surface area (Å²) in [6.45, 7) is 3.10. The van der Waals surface area contributed by atoms with Crippen LogP contribution in [0.3, 0.4) is 0 Å². The summed E-state index contributed by atoms with van der Waals surface area (Å²) in [6.07, 6.45) is 8.98. The van der Waals surface area contributed by atoms with Crippen LogP contribution >= 0.6 is 11.6 Å². The van der Waals surface area contributed by atoms with Crippen LogP contribution in [0.15, 0.2) is 18.2 Å². The molecule has 2 fully saturated rings. The van der Waals surface area contributed by atoms with Crippen molar-refractivity contribution in [2.45, 2.75) is 50.4 Å². The molecular formula is C17H25ClN2. The van der Waals surface area contributed by atoms with Crippen LogP contribution in [0.5, 0.6) is 0 Å². The lowest BCUT2D eigenvalue weighted by molar-refractivity contribution is 0.450. The van der Waals surface area contributed by atoms with Crippen LogP contribution in [0.1, 0.15) is 50.5 Å². The molecule has 0 aromatic heterocycles. The highest BCUT2D eigenvalue weighted by atomic mass is 35.5. The van der Waals surface area contributed by atoms with Crippen LogP contribution < -0.4 is 10.6 Å². The van der Waals surface area contributed by atoms with E-state index in [0.29, 0.717) is 0 Å². The lowest BCUT2D eigenvalue weighted by atomic mass is 9.77. The average molecular weight is 293 g/mol. The molecule has 2 aliphatic rings. The van der Waals surface area contributed by atoms with Gasteiger partial charge >= 0.3 is 0 Å². The molecule has 3 rings (SSSR count). The summed E-state index contributed by atoms with van der Waals surface area (Å²) < 4.78 is 0. The summed E-state index contributed by atoms with van der Waals surface area (Å²) in [5, 5.41) is 0.848. The first-order valence-electron chi connectivity index (χ1n) is 8.00. The fourth-order valence-corrected chi connectivity index (χ4v) is 4.15. The lowest BCUT2D eigenvalue weighted by Crippen LogP contribution is -2.36. The summed E-state index contributed by atoms with van der Waals surface area (Å²) in [5.74, 6) is 0. The first-order valence-corrected chi connectivity index (χ1v) is 8.38. The Labute approximate surface area is 127 Å². The van der Waals surface area contributed by atoms with Crippen molar-refractivity contribution in [3.63, 3.8) is 0 Å². The van der Waals surface area contributed by atoms with Gasteiger partial charge in [0.05, 0.1) is 0 Å². The highest BCUT2D eigenvalue weighted by Crippen LogP contribution is 2.45. The molecule has 0 unspecified atom stereocenters. The third-order valence-corrected chi connectivity index (χ3v) is 5.41. The standard InChI is InChI=1S/C17H25ClN2/c18-14-6-7-16(20-10-4-1-5-11-20)15(12-14)17(13-19)8-2-3-9-17/h6-7,12H,1-5,8-11,13,19H2. The van der Waals surface area contributed by atoms with E-state index in [-0.39, 0.29) is 5.41 Å². The van der Waals surface area contributed by atoms with Crippen LogP contribution in [0.2, 0.25) is 5.02 Å². The Morgan fingerprint density at radius 3 is 2.40 bits per heavy atom. The molecule has 3 heteroatoms. The fraction of sp³-hybridized carbons (Fsp3) is 0.647. The minimum atomic E-state index is 0.164. The predicted molar refractivity (Wildman–Crippen MR) is 86.7 cm³/mol. The molecule has 1 aliphatic heterocycles. The zero-order valence-corrected chi connectivity index (χ0v) is 13.0. The summed E-state index contributed by atoms with van der Waals surface area (Å²) in [5.41, 5.74) is 9.15. The minimum absolute atomic E-state index is 0.164. The average Bonchev–Trinajstić information content (AvgIpc) is 2.98.